The Labute approximate surface area is 95.3 Å². The maximum atomic E-state index is 4.08. The van der Waals surface area contributed by atoms with Crippen LogP contribution in [0.3, 0.4) is 0 Å². The molecule has 0 bridgehead atoms. The predicted molar refractivity (Wildman–Crippen MR) is 67.7 cm³/mol. The molecule has 1 nitrogen and oxygen atoms in total. The second kappa shape index (κ2) is 3.84. The van der Waals surface area contributed by atoms with Gasteiger partial charge >= 0.3 is 0 Å². The van der Waals surface area contributed by atoms with E-state index in [1.165, 1.54) is 12.1 Å². The Morgan fingerprint density at radius 2 is 1.60 bits per heavy atom. The molecule has 15 heavy (non-hydrogen) atoms. The summed E-state index contributed by atoms with van der Waals surface area (Å²) in [7, 11) is 0. The van der Waals surface area contributed by atoms with Crippen molar-refractivity contribution in [2.24, 2.45) is 16.7 Å². The zero-order valence-electron chi connectivity index (χ0n) is 11.3. The first kappa shape index (κ1) is 12.6. The molecular weight excluding hydrogens is 182 g/mol. The molecule has 1 saturated heterocycles. The summed E-state index contributed by atoms with van der Waals surface area (Å²) in [6, 6.07) is 0.554. The maximum absolute atomic E-state index is 4.08. The molecule has 0 aromatic rings. The molecule has 2 atom stereocenters. The van der Waals surface area contributed by atoms with Gasteiger partial charge in [0.05, 0.1) is 0 Å². The maximum Gasteiger partial charge on any atom is 0.0339 e. The Kier molecular flexibility index (Phi) is 3.23. The summed E-state index contributed by atoms with van der Waals surface area (Å²) in [5.41, 5.74) is 1.91. The highest BCUT2D eigenvalue weighted by Gasteiger charge is 2.40. The van der Waals surface area contributed by atoms with Crippen LogP contribution >= 0.6 is 0 Å². The lowest BCUT2D eigenvalue weighted by atomic mass is 9.65. The molecule has 88 valence electrons. The fraction of sp³-hybridized carbons (Fsp3) is 0.857. The van der Waals surface area contributed by atoms with Crippen LogP contribution in [0.15, 0.2) is 12.3 Å². The van der Waals surface area contributed by atoms with Gasteiger partial charge in [-0.05, 0) is 29.6 Å². The molecule has 1 N–H and O–H groups in total. The van der Waals surface area contributed by atoms with Crippen LogP contribution in [-0.4, -0.2) is 6.04 Å². The molecule has 1 aliphatic rings. The number of hydrogen-bond donors (Lipinski definition) is 1. The number of hydrogen-bond acceptors (Lipinski definition) is 1. The summed E-state index contributed by atoms with van der Waals surface area (Å²) in [6.07, 6.45) is 2.41. The molecule has 1 heteroatoms. The van der Waals surface area contributed by atoms with E-state index in [1.54, 1.807) is 0 Å². The predicted octanol–water partition coefficient (Wildman–Crippen LogP) is 3.96. The van der Waals surface area contributed by atoms with Crippen LogP contribution in [-0.2, 0) is 0 Å². The largest absolute Gasteiger partial charge is 0.385 e. The van der Waals surface area contributed by atoms with Crippen LogP contribution in [0.5, 0.6) is 0 Å². The summed E-state index contributed by atoms with van der Waals surface area (Å²) in [5.74, 6) is 0.739. The molecular formula is C14H27N. The summed E-state index contributed by atoms with van der Waals surface area (Å²) in [5, 5.41) is 3.62. The van der Waals surface area contributed by atoms with E-state index in [0.717, 1.165) is 12.3 Å². The third-order valence-electron chi connectivity index (χ3n) is 3.56. The number of nitrogens with one attached hydrogen (secondary N) is 1. The first-order chi connectivity index (χ1) is 6.62. The van der Waals surface area contributed by atoms with Gasteiger partial charge in [0.15, 0.2) is 0 Å². The van der Waals surface area contributed by atoms with E-state index in [0.29, 0.717) is 16.9 Å². The lowest BCUT2D eigenvalue weighted by molar-refractivity contribution is 0.0851. The molecule has 0 spiro atoms. The average Bonchev–Trinajstić information content (AvgIpc) is 2.00. The highest BCUT2D eigenvalue weighted by Crippen LogP contribution is 2.42. The highest BCUT2D eigenvalue weighted by atomic mass is 15.0. The van der Waals surface area contributed by atoms with Gasteiger partial charge in [-0.15, -0.1) is 0 Å². The summed E-state index contributed by atoms with van der Waals surface area (Å²) in [4.78, 5) is 0. The van der Waals surface area contributed by atoms with Crippen molar-refractivity contribution in [3.05, 3.63) is 12.3 Å². The molecule has 1 rings (SSSR count). The van der Waals surface area contributed by atoms with Gasteiger partial charge in [-0.3, -0.25) is 0 Å². The van der Waals surface area contributed by atoms with Crippen molar-refractivity contribution in [1.29, 1.82) is 0 Å². The number of allylic oxidation sites excluding steroid dienone is 1. The van der Waals surface area contributed by atoms with E-state index in [4.69, 9.17) is 0 Å². The molecule has 0 aliphatic carbocycles. The van der Waals surface area contributed by atoms with Crippen LogP contribution in [0.2, 0.25) is 0 Å². The first-order valence-corrected chi connectivity index (χ1v) is 6.06. The van der Waals surface area contributed by atoms with Crippen LogP contribution < -0.4 is 5.32 Å². The van der Waals surface area contributed by atoms with Crippen molar-refractivity contribution in [2.75, 3.05) is 0 Å². The van der Waals surface area contributed by atoms with Crippen molar-refractivity contribution in [2.45, 2.75) is 60.4 Å². The zero-order valence-corrected chi connectivity index (χ0v) is 11.3. The number of rotatable bonds is 0. The van der Waals surface area contributed by atoms with E-state index >= 15 is 0 Å². The van der Waals surface area contributed by atoms with Crippen LogP contribution in [0.1, 0.15) is 54.4 Å². The molecule has 0 aromatic carbocycles. The normalized spacial score (nSPS) is 28.8. The minimum Gasteiger partial charge on any atom is -0.385 e. The summed E-state index contributed by atoms with van der Waals surface area (Å²) < 4.78 is 0. The third-order valence-corrected chi connectivity index (χ3v) is 3.56. The minimum absolute atomic E-state index is 0.307. The zero-order chi connectivity index (χ0) is 11.9. The smallest absolute Gasteiger partial charge is 0.0339 e. The monoisotopic (exact) mass is 209 g/mol. The van der Waals surface area contributed by atoms with Crippen LogP contribution in [0.4, 0.5) is 0 Å². The summed E-state index contributed by atoms with van der Waals surface area (Å²) in [6.45, 7) is 18.1. The van der Waals surface area contributed by atoms with Crippen molar-refractivity contribution < 1.29 is 0 Å². The molecule has 1 fully saturated rings. The fourth-order valence-electron chi connectivity index (χ4n) is 2.64. The Morgan fingerprint density at radius 1 is 1.07 bits per heavy atom. The molecule has 0 aromatic heterocycles. The summed E-state index contributed by atoms with van der Waals surface area (Å²) >= 11 is 0. The Morgan fingerprint density at radius 3 is 2.00 bits per heavy atom. The second-order valence-corrected chi connectivity index (χ2v) is 7.10. The lowest BCUT2D eigenvalue weighted by Crippen LogP contribution is -2.52. The van der Waals surface area contributed by atoms with Gasteiger partial charge in [0.1, 0.15) is 0 Å². The van der Waals surface area contributed by atoms with Crippen molar-refractivity contribution in [3.63, 3.8) is 0 Å². The highest BCUT2D eigenvalue weighted by molar-refractivity contribution is 5.06. The first-order valence-electron chi connectivity index (χ1n) is 6.06. The van der Waals surface area contributed by atoms with Gasteiger partial charge in [0.25, 0.3) is 0 Å². The van der Waals surface area contributed by atoms with Crippen LogP contribution in [0.25, 0.3) is 0 Å². The van der Waals surface area contributed by atoms with Gasteiger partial charge < -0.3 is 5.32 Å². The quantitative estimate of drug-likeness (QED) is 0.637. The fourth-order valence-corrected chi connectivity index (χ4v) is 2.64. The van der Waals surface area contributed by atoms with Crippen molar-refractivity contribution in [1.82, 2.24) is 5.32 Å². The van der Waals surface area contributed by atoms with E-state index < -0.39 is 0 Å². The van der Waals surface area contributed by atoms with Gasteiger partial charge in [0.2, 0.25) is 0 Å². The second-order valence-electron chi connectivity index (χ2n) is 7.10. The van der Waals surface area contributed by atoms with Crippen LogP contribution in [0, 0.1) is 16.7 Å². The standard InChI is InChI=1S/C14H27N/c1-10-8-9-11(13(2,3)4)12(15-10)14(5,6)7/h11-12,15H,1,8-9H2,2-7H3. The number of piperidine rings is 1. The third kappa shape index (κ3) is 2.99. The minimum atomic E-state index is 0.307. The van der Waals surface area contributed by atoms with Crippen molar-refractivity contribution in [3.8, 4) is 0 Å². The van der Waals surface area contributed by atoms with Gasteiger partial charge in [0, 0.05) is 11.7 Å². The SMILES string of the molecule is C=C1CCC(C(C)(C)C)C(C(C)(C)C)N1. The topological polar surface area (TPSA) is 12.0 Å². The van der Waals surface area contributed by atoms with E-state index in [2.05, 4.69) is 53.4 Å². The molecule has 0 amide bonds. The van der Waals surface area contributed by atoms with E-state index in [1.807, 2.05) is 0 Å². The molecule has 0 saturated carbocycles. The van der Waals surface area contributed by atoms with Gasteiger partial charge in [-0.25, -0.2) is 0 Å². The van der Waals surface area contributed by atoms with Crippen molar-refractivity contribution >= 4 is 0 Å². The lowest BCUT2D eigenvalue weighted by Gasteiger charge is -2.48. The van der Waals surface area contributed by atoms with Gasteiger partial charge in [-0.1, -0.05) is 48.1 Å². The molecule has 0 radical (unpaired) electrons. The Bertz CT molecular complexity index is 239. The molecule has 1 heterocycles. The molecule has 2 unspecified atom stereocenters. The molecule has 1 aliphatic heterocycles. The van der Waals surface area contributed by atoms with E-state index in [-0.39, 0.29) is 0 Å². The van der Waals surface area contributed by atoms with Gasteiger partial charge in [-0.2, -0.15) is 0 Å². The Hall–Kier alpha value is -0.460. The Balaban J connectivity index is 2.90. The van der Waals surface area contributed by atoms with E-state index in [9.17, 15) is 0 Å². The average molecular weight is 209 g/mol.